The van der Waals surface area contributed by atoms with Gasteiger partial charge in [-0.2, -0.15) is 0 Å². The van der Waals surface area contributed by atoms with Crippen LogP contribution in [0.3, 0.4) is 0 Å². The molecule has 2 heterocycles. The van der Waals surface area contributed by atoms with E-state index in [1.54, 1.807) is 6.92 Å². The largest absolute Gasteiger partial charge is 0.492 e. The lowest BCUT2D eigenvalue weighted by atomic mass is 9.94. The number of ether oxygens (including phenoxy) is 2. The van der Waals surface area contributed by atoms with Gasteiger partial charge in [-0.3, -0.25) is 4.90 Å². The minimum atomic E-state index is -1.09. The highest BCUT2D eigenvalue weighted by Gasteiger charge is 2.26. The van der Waals surface area contributed by atoms with Gasteiger partial charge in [-0.05, 0) is 55.8 Å². The summed E-state index contributed by atoms with van der Waals surface area (Å²) in [7, 11) is 0. The topological polar surface area (TPSA) is 41.9 Å². The summed E-state index contributed by atoms with van der Waals surface area (Å²) in [6, 6.07) is 19.9. The van der Waals surface area contributed by atoms with E-state index in [1.807, 2.05) is 53.8 Å². The summed E-state index contributed by atoms with van der Waals surface area (Å²) in [5.41, 5.74) is 0.852. The van der Waals surface area contributed by atoms with Crippen molar-refractivity contribution >= 4 is 11.3 Å². The Morgan fingerprint density at radius 2 is 1.97 bits per heavy atom. The van der Waals surface area contributed by atoms with Crippen LogP contribution in [-0.4, -0.2) is 29.8 Å². The summed E-state index contributed by atoms with van der Waals surface area (Å²) in [5, 5.41) is 11.0. The van der Waals surface area contributed by atoms with Crippen molar-refractivity contribution in [2.75, 3.05) is 19.8 Å². The lowest BCUT2D eigenvalue weighted by Crippen LogP contribution is -2.30. The minimum Gasteiger partial charge on any atom is -0.492 e. The van der Waals surface area contributed by atoms with Crippen molar-refractivity contribution in [3.63, 3.8) is 0 Å². The predicted molar refractivity (Wildman–Crippen MR) is 117 cm³/mol. The third-order valence-corrected chi connectivity index (χ3v) is 6.17. The molecule has 0 aliphatic carbocycles. The van der Waals surface area contributed by atoms with Crippen molar-refractivity contribution in [2.24, 2.45) is 0 Å². The van der Waals surface area contributed by atoms with E-state index < -0.39 is 5.60 Å². The first-order valence-electron chi connectivity index (χ1n) is 9.94. The molecule has 0 amide bonds. The molecule has 0 saturated carbocycles. The van der Waals surface area contributed by atoms with E-state index in [0.717, 1.165) is 42.3 Å². The van der Waals surface area contributed by atoms with Crippen LogP contribution in [-0.2, 0) is 18.7 Å². The molecular formula is C24H27NO3S. The number of hydrogen-bond donors (Lipinski definition) is 1. The number of rotatable bonds is 6. The summed E-state index contributed by atoms with van der Waals surface area (Å²) >= 11 is 1.84. The molecule has 4 rings (SSSR count). The number of hydrogen-bond acceptors (Lipinski definition) is 5. The van der Waals surface area contributed by atoms with E-state index in [-0.39, 0.29) is 6.61 Å². The van der Waals surface area contributed by atoms with Gasteiger partial charge in [0, 0.05) is 35.0 Å². The van der Waals surface area contributed by atoms with Gasteiger partial charge < -0.3 is 14.6 Å². The Hall–Kier alpha value is -2.34. The third-order valence-electron chi connectivity index (χ3n) is 5.18. The van der Waals surface area contributed by atoms with E-state index >= 15 is 0 Å². The van der Waals surface area contributed by atoms with E-state index in [4.69, 9.17) is 9.47 Å². The number of fused-ring (bicyclic) bond motifs is 1. The fraction of sp³-hybridized carbons (Fsp3) is 0.333. The SMILES string of the molecule is Cc1ccc(CN2CCOc3ccc([C@](C)(O)COc4ccccc4)cc3C2)s1. The molecule has 152 valence electrons. The van der Waals surface area contributed by atoms with Gasteiger partial charge in [-0.15, -0.1) is 11.3 Å². The van der Waals surface area contributed by atoms with Gasteiger partial charge in [-0.1, -0.05) is 24.3 Å². The normalized spacial score (nSPS) is 16.4. The van der Waals surface area contributed by atoms with Crippen LogP contribution in [0.4, 0.5) is 0 Å². The van der Waals surface area contributed by atoms with E-state index in [0.29, 0.717) is 6.61 Å². The molecule has 3 aromatic rings. The zero-order valence-electron chi connectivity index (χ0n) is 16.9. The van der Waals surface area contributed by atoms with Gasteiger partial charge in [-0.25, -0.2) is 0 Å². The number of thiophene rings is 1. The predicted octanol–water partition coefficient (Wildman–Crippen LogP) is 4.74. The number of aryl methyl sites for hydroxylation is 1. The van der Waals surface area contributed by atoms with Gasteiger partial charge in [0.05, 0.1) is 0 Å². The van der Waals surface area contributed by atoms with Gasteiger partial charge in [0.25, 0.3) is 0 Å². The van der Waals surface area contributed by atoms with Crippen molar-refractivity contribution in [3.05, 3.63) is 81.5 Å². The van der Waals surface area contributed by atoms with Crippen molar-refractivity contribution in [2.45, 2.75) is 32.5 Å². The first kappa shape index (κ1) is 20.0. The van der Waals surface area contributed by atoms with E-state index in [1.165, 1.54) is 9.75 Å². The Morgan fingerprint density at radius 1 is 1.14 bits per heavy atom. The van der Waals surface area contributed by atoms with E-state index in [2.05, 4.69) is 30.0 Å². The molecule has 0 radical (unpaired) electrons. The molecule has 4 nitrogen and oxygen atoms in total. The van der Waals surface area contributed by atoms with Gasteiger partial charge in [0.15, 0.2) is 0 Å². The standard InChI is InChI=1S/C24H27NO3S/c1-18-8-10-22(29-18)16-25-12-13-27-23-11-9-20(14-19(23)15-25)24(2,26)17-28-21-6-4-3-5-7-21/h3-11,14,26H,12-13,15-17H2,1-2H3/t24-/m1/s1. The van der Waals surface area contributed by atoms with Crippen LogP contribution in [0, 0.1) is 6.92 Å². The quantitative estimate of drug-likeness (QED) is 0.639. The lowest BCUT2D eigenvalue weighted by molar-refractivity contribution is 0.00748. The molecule has 1 aliphatic heterocycles. The molecule has 0 bridgehead atoms. The summed E-state index contributed by atoms with van der Waals surface area (Å²) in [6.07, 6.45) is 0. The Bertz CT molecular complexity index is 952. The highest BCUT2D eigenvalue weighted by atomic mass is 32.1. The molecule has 0 saturated heterocycles. The maximum Gasteiger partial charge on any atom is 0.123 e. The van der Waals surface area contributed by atoms with Crippen LogP contribution in [0.1, 0.15) is 27.8 Å². The fourth-order valence-corrected chi connectivity index (χ4v) is 4.47. The smallest absolute Gasteiger partial charge is 0.123 e. The second-order valence-corrected chi connectivity index (χ2v) is 9.14. The Kier molecular flexibility index (Phi) is 5.90. The highest BCUT2D eigenvalue weighted by molar-refractivity contribution is 7.11. The van der Waals surface area contributed by atoms with Crippen LogP contribution in [0.2, 0.25) is 0 Å². The van der Waals surface area contributed by atoms with Gasteiger partial charge >= 0.3 is 0 Å². The molecule has 1 N–H and O–H groups in total. The second kappa shape index (κ2) is 8.57. The summed E-state index contributed by atoms with van der Waals surface area (Å²) in [4.78, 5) is 5.10. The summed E-state index contributed by atoms with van der Waals surface area (Å²) < 4.78 is 11.8. The minimum absolute atomic E-state index is 0.189. The van der Waals surface area contributed by atoms with Crippen LogP contribution in [0.5, 0.6) is 11.5 Å². The number of aliphatic hydroxyl groups is 1. The average molecular weight is 410 g/mol. The van der Waals surface area contributed by atoms with Crippen molar-refractivity contribution in [3.8, 4) is 11.5 Å². The van der Waals surface area contributed by atoms with Crippen LogP contribution in [0.25, 0.3) is 0 Å². The van der Waals surface area contributed by atoms with Crippen LogP contribution >= 0.6 is 11.3 Å². The molecule has 5 heteroatoms. The van der Waals surface area contributed by atoms with Gasteiger partial charge in [0.2, 0.25) is 0 Å². The van der Waals surface area contributed by atoms with Crippen molar-refractivity contribution in [1.29, 1.82) is 0 Å². The molecule has 0 unspecified atom stereocenters. The number of para-hydroxylation sites is 1. The highest BCUT2D eigenvalue weighted by Crippen LogP contribution is 2.31. The van der Waals surface area contributed by atoms with Crippen LogP contribution in [0.15, 0.2) is 60.7 Å². The maximum absolute atomic E-state index is 11.0. The number of benzene rings is 2. The molecule has 0 fully saturated rings. The van der Waals surface area contributed by atoms with Crippen molar-refractivity contribution < 1.29 is 14.6 Å². The molecule has 0 spiro atoms. The first-order valence-corrected chi connectivity index (χ1v) is 10.8. The molecule has 29 heavy (non-hydrogen) atoms. The fourth-order valence-electron chi connectivity index (χ4n) is 3.53. The average Bonchev–Trinajstić information content (AvgIpc) is 3.01. The summed E-state index contributed by atoms with van der Waals surface area (Å²) in [6.45, 7) is 7.39. The molecule has 2 aromatic carbocycles. The monoisotopic (exact) mass is 409 g/mol. The molecule has 1 aromatic heterocycles. The third kappa shape index (κ3) is 4.99. The van der Waals surface area contributed by atoms with E-state index in [9.17, 15) is 5.11 Å². The zero-order valence-corrected chi connectivity index (χ0v) is 17.7. The van der Waals surface area contributed by atoms with Gasteiger partial charge in [0.1, 0.15) is 30.3 Å². The maximum atomic E-state index is 11.0. The Balaban J connectivity index is 1.49. The van der Waals surface area contributed by atoms with Crippen LogP contribution < -0.4 is 9.47 Å². The lowest BCUT2D eigenvalue weighted by Gasteiger charge is -2.25. The molecular weight excluding hydrogens is 382 g/mol. The zero-order chi connectivity index (χ0) is 20.3. The Labute approximate surface area is 176 Å². The Morgan fingerprint density at radius 3 is 2.72 bits per heavy atom. The van der Waals surface area contributed by atoms with Crippen molar-refractivity contribution in [1.82, 2.24) is 4.90 Å². The molecule has 1 aliphatic rings. The first-order chi connectivity index (χ1) is 14.0. The summed E-state index contributed by atoms with van der Waals surface area (Å²) in [5.74, 6) is 1.65. The molecule has 1 atom stereocenters. The second-order valence-electron chi connectivity index (χ2n) is 7.77. The number of nitrogens with zero attached hydrogens (tertiary/aromatic N) is 1.